The molecule has 0 aromatic rings. The lowest BCUT2D eigenvalue weighted by atomic mass is 9.91. The molecule has 3 N–H and O–H groups in total. The maximum absolute atomic E-state index is 12.8. The smallest absolute Gasteiger partial charge is 0.328 e. The number of hydrogen-bond donors (Lipinski definition) is 3. The molecule has 1 rings (SSSR count). The van der Waals surface area contributed by atoms with Crippen molar-refractivity contribution in [3.63, 3.8) is 0 Å². The minimum atomic E-state index is -0.773. The van der Waals surface area contributed by atoms with E-state index in [-0.39, 0.29) is 23.7 Å². The van der Waals surface area contributed by atoms with E-state index < -0.39 is 35.9 Å². The van der Waals surface area contributed by atoms with Gasteiger partial charge in [0.1, 0.15) is 12.1 Å². The number of hydrogen-bond acceptors (Lipinski definition) is 7. The maximum atomic E-state index is 12.8. The fraction of sp³-hybridized carbons (Fsp3) is 0.800. The Balaban J connectivity index is 2.89. The van der Waals surface area contributed by atoms with E-state index in [0.29, 0.717) is 25.9 Å². The molecule has 6 atom stereocenters. The normalized spacial score (nSPS) is 22.7. The molecule has 0 bridgehead atoms. The molecular formula is C20H35N3O6. The van der Waals surface area contributed by atoms with Crippen molar-refractivity contribution >= 4 is 23.8 Å². The molecule has 166 valence electrons. The van der Waals surface area contributed by atoms with Gasteiger partial charge in [-0.1, -0.05) is 40.5 Å². The molecule has 9 heteroatoms. The molecule has 0 aliphatic carbocycles. The Kier molecular flexibility index (Phi) is 10.1. The summed E-state index contributed by atoms with van der Waals surface area (Å²) in [5.74, 6) is -3.32. The molecule has 0 saturated carbocycles. The van der Waals surface area contributed by atoms with Crippen LogP contribution in [-0.2, 0) is 28.7 Å². The van der Waals surface area contributed by atoms with Gasteiger partial charge in [0.25, 0.3) is 0 Å². The average Bonchev–Trinajstić information content (AvgIpc) is 3.23. The molecule has 1 heterocycles. The highest BCUT2D eigenvalue weighted by molar-refractivity contribution is 5.92. The number of esters is 2. The van der Waals surface area contributed by atoms with Crippen LogP contribution in [0.25, 0.3) is 0 Å². The van der Waals surface area contributed by atoms with Crippen LogP contribution in [0.15, 0.2) is 0 Å². The van der Waals surface area contributed by atoms with Gasteiger partial charge >= 0.3 is 11.9 Å². The summed E-state index contributed by atoms with van der Waals surface area (Å²) < 4.78 is 9.61. The third kappa shape index (κ3) is 6.42. The van der Waals surface area contributed by atoms with Gasteiger partial charge in [0.2, 0.25) is 11.8 Å². The van der Waals surface area contributed by atoms with E-state index in [1.165, 1.54) is 14.2 Å². The number of amides is 2. The first-order valence-electron chi connectivity index (χ1n) is 10.2. The Morgan fingerprint density at radius 3 is 1.45 bits per heavy atom. The van der Waals surface area contributed by atoms with Crippen LogP contribution in [0.4, 0.5) is 0 Å². The summed E-state index contributed by atoms with van der Waals surface area (Å²) in [5.41, 5.74) is 0. The summed E-state index contributed by atoms with van der Waals surface area (Å²) in [7, 11) is 2.55. The molecular weight excluding hydrogens is 378 g/mol. The zero-order valence-corrected chi connectivity index (χ0v) is 18.2. The van der Waals surface area contributed by atoms with E-state index in [4.69, 9.17) is 9.47 Å². The van der Waals surface area contributed by atoms with Crippen molar-refractivity contribution in [2.24, 2.45) is 23.7 Å². The van der Waals surface area contributed by atoms with Crippen LogP contribution in [0, 0.1) is 23.7 Å². The highest BCUT2D eigenvalue weighted by Crippen LogP contribution is 2.20. The van der Waals surface area contributed by atoms with Gasteiger partial charge in [0, 0.05) is 13.1 Å². The van der Waals surface area contributed by atoms with E-state index in [2.05, 4.69) is 16.0 Å². The predicted octanol–water partition coefficient (Wildman–Crippen LogP) is 0.230. The second-order valence-corrected chi connectivity index (χ2v) is 7.66. The fourth-order valence-corrected chi connectivity index (χ4v) is 3.34. The summed E-state index contributed by atoms with van der Waals surface area (Å²) in [6.45, 7) is 8.16. The summed E-state index contributed by atoms with van der Waals surface area (Å²) in [4.78, 5) is 49.8. The van der Waals surface area contributed by atoms with Crippen LogP contribution in [-0.4, -0.2) is 63.1 Å². The van der Waals surface area contributed by atoms with E-state index in [9.17, 15) is 19.2 Å². The van der Waals surface area contributed by atoms with Crippen LogP contribution in [0.3, 0.4) is 0 Å². The Bertz CT molecular complexity index is 547. The highest BCUT2D eigenvalue weighted by Gasteiger charge is 2.41. The molecule has 1 aliphatic rings. The molecule has 0 aromatic carbocycles. The molecule has 1 aliphatic heterocycles. The third-order valence-corrected chi connectivity index (χ3v) is 5.82. The van der Waals surface area contributed by atoms with Crippen LogP contribution < -0.4 is 16.0 Å². The lowest BCUT2D eigenvalue weighted by Gasteiger charge is -2.27. The van der Waals surface area contributed by atoms with E-state index in [1.54, 1.807) is 0 Å². The summed E-state index contributed by atoms with van der Waals surface area (Å²) in [6, 6.07) is -1.55. The topological polar surface area (TPSA) is 123 Å². The molecule has 1 unspecified atom stereocenters. The van der Waals surface area contributed by atoms with Gasteiger partial charge in [-0.2, -0.15) is 0 Å². The Morgan fingerprint density at radius 2 is 1.17 bits per heavy atom. The van der Waals surface area contributed by atoms with E-state index in [1.807, 2.05) is 27.7 Å². The van der Waals surface area contributed by atoms with Crippen LogP contribution in [0.2, 0.25) is 0 Å². The molecule has 0 aromatic heterocycles. The van der Waals surface area contributed by atoms with Gasteiger partial charge in [0.15, 0.2) is 0 Å². The second-order valence-electron chi connectivity index (χ2n) is 7.66. The van der Waals surface area contributed by atoms with Gasteiger partial charge in [0.05, 0.1) is 26.1 Å². The second kappa shape index (κ2) is 11.7. The van der Waals surface area contributed by atoms with Gasteiger partial charge < -0.3 is 25.4 Å². The number of nitrogens with one attached hydrogen (secondary N) is 3. The minimum absolute atomic E-state index is 0.109. The summed E-state index contributed by atoms with van der Waals surface area (Å²) in [6.07, 6.45) is 1.37. The third-order valence-electron chi connectivity index (χ3n) is 5.82. The van der Waals surface area contributed by atoms with Crippen LogP contribution in [0.1, 0.15) is 40.5 Å². The molecule has 0 spiro atoms. The first-order valence-corrected chi connectivity index (χ1v) is 10.2. The maximum Gasteiger partial charge on any atom is 0.328 e. The fourth-order valence-electron chi connectivity index (χ4n) is 3.34. The van der Waals surface area contributed by atoms with Gasteiger partial charge in [-0.05, 0) is 11.8 Å². The largest absolute Gasteiger partial charge is 0.467 e. The lowest BCUT2D eigenvalue weighted by Crippen LogP contribution is -2.52. The van der Waals surface area contributed by atoms with Gasteiger partial charge in [-0.15, -0.1) is 0 Å². The monoisotopic (exact) mass is 413 g/mol. The van der Waals surface area contributed by atoms with Crippen molar-refractivity contribution in [1.29, 1.82) is 0 Å². The van der Waals surface area contributed by atoms with Gasteiger partial charge in [-0.25, -0.2) is 9.59 Å². The quantitative estimate of drug-likeness (QED) is 0.438. The van der Waals surface area contributed by atoms with Crippen molar-refractivity contribution in [2.45, 2.75) is 52.6 Å². The first kappa shape index (κ1) is 24.9. The number of carbonyl (C=O) groups excluding carboxylic acids is 4. The first-order chi connectivity index (χ1) is 13.7. The van der Waals surface area contributed by atoms with Crippen molar-refractivity contribution in [3.8, 4) is 0 Å². The lowest BCUT2D eigenvalue weighted by molar-refractivity contribution is -0.148. The van der Waals surface area contributed by atoms with Crippen molar-refractivity contribution in [2.75, 3.05) is 27.3 Å². The minimum Gasteiger partial charge on any atom is -0.467 e. The summed E-state index contributed by atoms with van der Waals surface area (Å²) >= 11 is 0. The Hall–Kier alpha value is -2.16. The zero-order chi connectivity index (χ0) is 22.1. The SMILES string of the molecule is CC[C@H](C)C(NC(=O)[C@@H]1CNC[C@H]1C(=O)N[C@H](C(=O)OC)[C@@H](C)CC)C(=O)OC. The number of rotatable bonds is 10. The van der Waals surface area contributed by atoms with Crippen molar-refractivity contribution in [1.82, 2.24) is 16.0 Å². The Morgan fingerprint density at radius 1 is 0.828 bits per heavy atom. The Labute approximate surface area is 172 Å². The molecule has 0 radical (unpaired) electrons. The highest BCUT2D eigenvalue weighted by atomic mass is 16.5. The van der Waals surface area contributed by atoms with Crippen molar-refractivity contribution in [3.05, 3.63) is 0 Å². The van der Waals surface area contributed by atoms with E-state index >= 15 is 0 Å². The van der Waals surface area contributed by atoms with Crippen LogP contribution >= 0.6 is 0 Å². The van der Waals surface area contributed by atoms with Gasteiger partial charge in [-0.3, -0.25) is 9.59 Å². The molecule has 2 amide bonds. The molecule has 1 saturated heterocycles. The number of ether oxygens (including phenoxy) is 2. The van der Waals surface area contributed by atoms with Crippen LogP contribution in [0.5, 0.6) is 0 Å². The number of carbonyl (C=O) groups is 4. The van der Waals surface area contributed by atoms with E-state index in [0.717, 1.165) is 0 Å². The molecule has 1 fully saturated rings. The van der Waals surface area contributed by atoms with Crippen molar-refractivity contribution < 1.29 is 28.7 Å². The number of methoxy groups -OCH3 is 2. The standard InChI is InChI=1S/C20H35N3O6/c1-7-11(3)15(19(26)28-5)22-17(24)13-9-21-10-14(13)18(25)23-16(12(4)8-2)20(27)29-6/h11-16,21H,7-10H2,1-6H3,(H,22,24)(H,23,25)/t11-,12-,13+,14+,15-,16?/m0/s1. The zero-order valence-electron chi connectivity index (χ0n) is 18.2. The molecule has 29 heavy (non-hydrogen) atoms. The molecule has 9 nitrogen and oxygen atoms in total. The predicted molar refractivity (Wildman–Crippen MR) is 107 cm³/mol. The summed E-state index contributed by atoms with van der Waals surface area (Å²) in [5, 5.41) is 8.53. The average molecular weight is 414 g/mol.